The summed E-state index contributed by atoms with van der Waals surface area (Å²) in [5.74, 6) is 0.459. The lowest BCUT2D eigenvalue weighted by atomic mass is 9.72. The Labute approximate surface area is 229 Å². The summed E-state index contributed by atoms with van der Waals surface area (Å²) in [5, 5.41) is 0.977. The van der Waals surface area contributed by atoms with Crippen LogP contribution in [0.2, 0.25) is 0 Å². The highest BCUT2D eigenvalue weighted by Crippen LogP contribution is 2.47. The number of methoxy groups -OCH3 is 2. The number of benzene rings is 2. The van der Waals surface area contributed by atoms with E-state index in [0.29, 0.717) is 12.1 Å². The molecule has 3 heterocycles. The van der Waals surface area contributed by atoms with E-state index in [1.165, 1.54) is 7.11 Å². The molecule has 1 atom stereocenters. The van der Waals surface area contributed by atoms with Crippen LogP contribution in [-0.4, -0.2) is 61.1 Å². The molecular formula is C31H38N2O6. The molecule has 0 saturated carbocycles. The molecule has 2 saturated heterocycles. The number of rotatable bonds is 5. The van der Waals surface area contributed by atoms with Crippen molar-refractivity contribution in [3.63, 3.8) is 0 Å². The third-order valence-corrected chi connectivity index (χ3v) is 7.93. The molecule has 0 radical (unpaired) electrons. The van der Waals surface area contributed by atoms with Crippen LogP contribution < -0.4 is 4.74 Å². The van der Waals surface area contributed by atoms with Gasteiger partial charge >= 0.3 is 12.1 Å². The number of carbonyl (C=O) groups is 2. The summed E-state index contributed by atoms with van der Waals surface area (Å²) in [6.07, 6.45) is 3.42. The number of fused-ring (bicyclic) bond motifs is 1. The number of carbonyl (C=O) groups excluding carboxylic acids is 2. The minimum atomic E-state index is -0.595. The topological polar surface area (TPSA) is 79.2 Å². The number of likely N-dealkylation sites (tertiary alicyclic amines) is 1. The molecule has 1 spiro atoms. The molecule has 0 unspecified atom stereocenters. The van der Waals surface area contributed by atoms with Crippen molar-refractivity contribution in [1.29, 1.82) is 0 Å². The molecule has 2 aliphatic rings. The molecule has 0 N–H and O–H groups in total. The van der Waals surface area contributed by atoms with Crippen LogP contribution in [0.3, 0.4) is 0 Å². The van der Waals surface area contributed by atoms with Gasteiger partial charge in [-0.05, 0) is 82.5 Å². The van der Waals surface area contributed by atoms with Crippen molar-refractivity contribution in [2.75, 3.05) is 34.0 Å². The molecule has 8 heteroatoms. The Bertz CT molecular complexity index is 1380. The maximum Gasteiger partial charge on any atom is 0.419 e. The average Bonchev–Trinajstić information content (AvgIpc) is 3.34. The summed E-state index contributed by atoms with van der Waals surface area (Å²) >= 11 is 0. The first-order chi connectivity index (χ1) is 18.5. The zero-order valence-electron chi connectivity index (χ0n) is 23.7. The molecule has 8 nitrogen and oxygen atoms in total. The van der Waals surface area contributed by atoms with Gasteiger partial charge in [0, 0.05) is 35.1 Å². The molecule has 0 bridgehead atoms. The van der Waals surface area contributed by atoms with Crippen molar-refractivity contribution < 1.29 is 28.5 Å². The predicted molar refractivity (Wildman–Crippen MR) is 148 cm³/mol. The van der Waals surface area contributed by atoms with Gasteiger partial charge in [-0.25, -0.2) is 9.59 Å². The van der Waals surface area contributed by atoms with E-state index in [9.17, 15) is 9.59 Å². The van der Waals surface area contributed by atoms with Crippen molar-refractivity contribution in [2.24, 2.45) is 5.41 Å². The Morgan fingerprint density at radius 2 is 1.82 bits per heavy atom. The van der Waals surface area contributed by atoms with Crippen molar-refractivity contribution in [1.82, 2.24) is 9.47 Å². The Kier molecular flexibility index (Phi) is 7.20. The maximum atomic E-state index is 13.0. The molecule has 2 aliphatic heterocycles. The lowest BCUT2D eigenvalue weighted by Crippen LogP contribution is -2.51. The van der Waals surface area contributed by atoms with E-state index in [2.05, 4.69) is 4.90 Å². The number of aryl methyl sites for hydroxylation is 1. The van der Waals surface area contributed by atoms with Crippen LogP contribution in [0.15, 0.2) is 42.6 Å². The van der Waals surface area contributed by atoms with Gasteiger partial charge in [-0.3, -0.25) is 9.47 Å². The molecule has 0 aliphatic carbocycles. The van der Waals surface area contributed by atoms with Crippen LogP contribution in [0.25, 0.3) is 10.9 Å². The summed E-state index contributed by atoms with van der Waals surface area (Å²) in [6.45, 7) is 10.7. The molecule has 2 fully saturated rings. The fraction of sp³-hybridized carbons (Fsp3) is 0.484. The second-order valence-corrected chi connectivity index (χ2v) is 11.8. The Hall–Kier alpha value is -3.36. The van der Waals surface area contributed by atoms with Crippen LogP contribution in [0.5, 0.6) is 5.75 Å². The summed E-state index contributed by atoms with van der Waals surface area (Å²) in [6, 6.07) is 11.9. The van der Waals surface area contributed by atoms with Crippen molar-refractivity contribution >= 4 is 23.0 Å². The molecular weight excluding hydrogens is 496 g/mol. The molecule has 0 amide bonds. The number of aromatic nitrogens is 1. The van der Waals surface area contributed by atoms with Gasteiger partial charge < -0.3 is 18.9 Å². The molecule has 208 valence electrons. The average molecular weight is 535 g/mol. The first-order valence-electron chi connectivity index (χ1n) is 13.5. The molecule has 3 aromatic rings. The number of piperidine rings is 1. The lowest BCUT2D eigenvalue weighted by Gasteiger charge is -2.51. The fourth-order valence-electron chi connectivity index (χ4n) is 5.88. The van der Waals surface area contributed by atoms with Crippen molar-refractivity contribution in [3.8, 4) is 5.75 Å². The smallest absolute Gasteiger partial charge is 0.419 e. The quantitative estimate of drug-likeness (QED) is 0.378. The zero-order valence-corrected chi connectivity index (χ0v) is 23.7. The standard InChI is InChI=1S/C31H38N2O6/c1-20-15-26(36-5)24(23-11-13-33(27(20)23)29(35)39-30(2,3)4)17-32-14-12-31(18-38-19-31)16-25(32)21-7-9-22(10-8-21)28(34)37-6/h7-11,13,15,25H,12,14,16-19H2,1-6H3/t25-/m1/s1. The molecule has 5 rings (SSSR count). The van der Waals surface area contributed by atoms with Crippen LogP contribution >= 0.6 is 0 Å². The van der Waals surface area contributed by atoms with Gasteiger partial charge in [0.05, 0.1) is 38.5 Å². The highest BCUT2D eigenvalue weighted by atomic mass is 16.6. The Balaban J connectivity index is 1.52. The number of esters is 1. The minimum absolute atomic E-state index is 0.142. The second kappa shape index (κ2) is 10.3. The second-order valence-electron chi connectivity index (χ2n) is 11.8. The minimum Gasteiger partial charge on any atom is -0.496 e. The monoisotopic (exact) mass is 534 g/mol. The first kappa shape index (κ1) is 27.2. The SMILES string of the molecule is COC(=O)c1ccc([C@H]2CC3(CCN2Cc2c(OC)cc(C)c4c2ccn4C(=O)OC(C)(C)C)COC3)cc1. The van der Waals surface area contributed by atoms with E-state index in [0.717, 1.165) is 65.9 Å². The summed E-state index contributed by atoms with van der Waals surface area (Å²) in [5.41, 5.74) is 4.10. The van der Waals surface area contributed by atoms with Gasteiger partial charge in [0.15, 0.2) is 0 Å². The van der Waals surface area contributed by atoms with E-state index in [1.807, 2.05) is 64.1 Å². The maximum absolute atomic E-state index is 13.0. The van der Waals surface area contributed by atoms with Crippen molar-refractivity contribution in [2.45, 2.75) is 58.7 Å². The van der Waals surface area contributed by atoms with Crippen LogP contribution in [0.4, 0.5) is 4.79 Å². The van der Waals surface area contributed by atoms with Crippen LogP contribution in [-0.2, 0) is 20.8 Å². The summed E-state index contributed by atoms with van der Waals surface area (Å²) in [4.78, 5) is 27.5. The highest BCUT2D eigenvalue weighted by Gasteiger charge is 2.45. The third-order valence-electron chi connectivity index (χ3n) is 7.93. The van der Waals surface area contributed by atoms with Crippen LogP contribution in [0.1, 0.15) is 66.7 Å². The van der Waals surface area contributed by atoms with Gasteiger partial charge in [-0.1, -0.05) is 12.1 Å². The van der Waals surface area contributed by atoms with Gasteiger partial charge in [-0.2, -0.15) is 0 Å². The Morgan fingerprint density at radius 3 is 2.41 bits per heavy atom. The number of hydrogen-bond donors (Lipinski definition) is 0. The number of nitrogens with zero attached hydrogens (tertiary/aromatic N) is 2. The largest absolute Gasteiger partial charge is 0.496 e. The zero-order chi connectivity index (χ0) is 27.9. The summed E-state index contributed by atoms with van der Waals surface area (Å²) < 4.78 is 23.7. The van der Waals surface area contributed by atoms with Crippen molar-refractivity contribution in [3.05, 3.63) is 64.8 Å². The van der Waals surface area contributed by atoms with Gasteiger partial charge in [0.2, 0.25) is 0 Å². The summed E-state index contributed by atoms with van der Waals surface area (Å²) in [7, 11) is 3.08. The van der Waals surface area contributed by atoms with E-state index in [-0.39, 0.29) is 17.4 Å². The van der Waals surface area contributed by atoms with E-state index < -0.39 is 11.7 Å². The third kappa shape index (κ3) is 5.28. The number of ether oxygens (including phenoxy) is 4. The number of hydrogen-bond acceptors (Lipinski definition) is 7. The molecule has 39 heavy (non-hydrogen) atoms. The van der Waals surface area contributed by atoms with Gasteiger partial charge in [0.25, 0.3) is 0 Å². The highest BCUT2D eigenvalue weighted by molar-refractivity contribution is 5.95. The van der Waals surface area contributed by atoms with Gasteiger partial charge in [-0.15, -0.1) is 0 Å². The fourth-order valence-corrected chi connectivity index (χ4v) is 5.88. The van der Waals surface area contributed by atoms with Crippen LogP contribution in [0, 0.1) is 12.3 Å². The van der Waals surface area contributed by atoms with E-state index in [4.69, 9.17) is 18.9 Å². The van der Waals surface area contributed by atoms with E-state index >= 15 is 0 Å². The Morgan fingerprint density at radius 1 is 1.10 bits per heavy atom. The predicted octanol–water partition coefficient (Wildman–Crippen LogP) is 5.88. The van der Waals surface area contributed by atoms with E-state index in [1.54, 1.807) is 17.9 Å². The van der Waals surface area contributed by atoms with Gasteiger partial charge in [0.1, 0.15) is 11.4 Å². The lowest BCUT2D eigenvalue weighted by molar-refractivity contribution is -0.153. The molecule has 1 aromatic heterocycles. The first-order valence-corrected chi connectivity index (χ1v) is 13.5. The molecule has 2 aromatic carbocycles. The normalized spacial score (nSPS) is 19.1.